The van der Waals surface area contributed by atoms with Crippen molar-refractivity contribution in [2.45, 2.75) is 24.6 Å². The number of hydrogen-bond acceptors (Lipinski definition) is 5. The van der Waals surface area contributed by atoms with Gasteiger partial charge in [-0.2, -0.15) is 0 Å². The third-order valence-electron chi connectivity index (χ3n) is 3.40. The fraction of sp³-hybridized carbons (Fsp3) is 0.467. The van der Waals surface area contributed by atoms with Crippen LogP contribution >= 0.6 is 11.8 Å². The Kier molecular flexibility index (Phi) is 5.12. The smallest absolute Gasteiger partial charge is 0.335 e. The first-order valence-corrected chi connectivity index (χ1v) is 7.77. The molecule has 1 aromatic rings. The van der Waals surface area contributed by atoms with Gasteiger partial charge in [0.25, 0.3) is 0 Å². The molecule has 0 aliphatic carbocycles. The van der Waals surface area contributed by atoms with Crippen LogP contribution in [0.2, 0.25) is 0 Å². The molecule has 0 spiro atoms. The molecule has 1 aliphatic rings. The summed E-state index contributed by atoms with van der Waals surface area (Å²) in [6, 6.07) is 5.38. The van der Waals surface area contributed by atoms with E-state index in [-0.39, 0.29) is 5.56 Å². The lowest BCUT2D eigenvalue weighted by atomic mass is 10.1. The van der Waals surface area contributed by atoms with Crippen LogP contribution in [-0.4, -0.2) is 48.6 Å². The van der Waals surface area contributed by atoms with Gasteiger partial charge in [0.05, 0.1) is 23.8 Å². The molecular formula is C15H20N2O3S. The molecule has 5 nitrogen and oxygen atoms in total. The number of hydrogen-bond donors (Lipinski definition) is 1. The van der Waals surface area contributed by atoms with Gasteiger partial charge < -0.3 is 14.7 Å². The summed E-state index contributed by atoms with van der Waals surface area (Å²) in [5.41, 5.74) is 2.95. The lowest BCUT2D eigenvalue weighted by Crippen LogP contribution is -2.17. The molecule has 0 radical (unpaired) electrons. The Bertz CT molecular complexity index is 546. The second-order valence-corrected chi connectivity index (χ2v) is 6.31. The van der Waals surface area contributed by atoms with Gasteiger partial charge in [-0.3, -0.25) is 4.99 Å². The van der Waals surface area contributed by atoms with Crippen molar-refractivity contribution in [3.63, 3.8) is 0 Å². The molecule has 1 aliphatic heterocycles. The highest BCUT2D eigenvalue weighted by atomic mass is 32.2. The van der Waals surface area contributed by atoms with Gasteiger partial charge in [0, 0.05) is 31.1 Å². The van der Waals surface area contributed by atoms with Crippen LogP contribution in [0.15, 0.2) is 23.2 Å². The first-order valence-electron chi connectivity index (χ1n) is 6.83. The highest BCUT2D eigenvalue weighted by Crippen LogP contribution is 2.26. The van der Waals surface area contributed by atoms with E-state index < -0.39 is 5.97 Å². The van der Waals surface area contributed by atoms with Gasteiger partial charge in [0.2, 0.25) is 0 Å². The zero-order valence-electron chi connectivity index (χ0n) is 12.4. The number of aromatic carboxylic acids is 1. The highest BCUT2D eigenvalue weighted by Gasteiger charge is 2.20. The number of thioether (sulfide) groups is 1. The van der Waals surface area contributed by atoms with Crippen LogP contribution < -0.4 is 9.64 Å². The van der Waals surface area contributed by atoms with Gasteiger partial charge in [-0.05, 0) is 25.5 Å². The van der Waals surface area contributed by atoms with Gasteiger partial charge in [-0.15, -0.1) is 11.8 Å². The number of anilines is 1. The van der Waals surface area contributed by atoms with Crippen molar-refractivity contribution in [3.05, 3.63) is 23.8 Å². The standard InChI is InChI=1S/C15H20N2O3S/c1-10-14(21-9-16-10)4-5-20-13-7-11(15(18)19)6-12(8-13)17(2)3/h6-10,14H,4-5H2,1-3H3,(H,18,19). The van der Waals surface area contributed by atoms with Crippen molar-refractivity contribution in [1.82, 2.24) is 0 Å². The van der Waals surface area contributed by atoms with Crippen molar-refractivity contribution in [2.75, 3.05) is 25.6 Å². The summed E-state index contributed by atoms with van der Waals surface area (Å²) >= 11 is 1.73. The summed E-state index contributed by atoms with van der Waals surface area (Å²) < 4.78 is 5.74. The maximum absolute atomic E-state index is 11.2. The summed E-state index contributed by atoms with van der Waals surface area (Å²) in [6.07, 6.45) is 0.889. The van der Waals surface area contributed by atoms with Crippen LogP contribution in [0.5, 0.6) is 5.75 Å². The van der Waals surface area contributed by atoms with Crippen molar-refractivity contribution >= 4 is 29.0 Å². The van der Waals surface area contributed by atoms with E-state index in [9.17, 15) is 4.79 Å². The molecule has 2 atom stereocenters. The van der Waals surface area contributed by atoms with E-state index in [0.717, 1.165) is 12.1 Å². The minimum absolute atomic E-state index is 0.239. The van der Waals surface area contributed by atoms with Gasteiger partial charge in [-0.25, -0.2) is 4.79 Å². The second kappa shape index (κ2) is 6.85. The molecule has 1 heterocycles. The first-order chi connectivity index (χ1) is 9.97. The molecule has 1 N–H and O–H groups in total. The highest BCUT2D eigenvalue weighted by molar-refractivity contribution is 8.12. The Morgan fingerprint density at radius 2 is 2.19 bits per heavy atom. The summed E-state index contributed by atoms with van der Waals surface area (Å²) in [4.78, 5) is 17.3. The van der Waals surface area contributed by atoms with Crippen LogP contribution in [0, 0.1) is 0 Å². The van der Waals surface area contributed by atoms with Crippen LogP contribution in [0.1, 0.15) is 23.7 Å². The largest absolute Gasteiger partial charge is 0.493 e. The van der Waals surface area contributed by atoms with Gasteiger partial charge in [0.15, 0.2) is 0 Å². The van der Waals surface area contributed by atoms with Crippen LogP contribution in [0.25, 0.3) is 0 Å². The fourth-order valence-corrected chi connectivity index (χ4v) is 3.02. The summed E-state index contributed by atoms with van der Waals surface area (Å²) in [5.74, 6) is -0.355. The molecular weight excluding hydrogens is 288 g/mol. The number of carbonyl (C=O) groups is 1. The Hall–Kier alpha value is -1.69. The Morgan fingerprint density at radius 1 is 1.43 bits per heavy atom. The van der Waals surface area contributed by atoms with E-state index in [1.807, 2.05) is 30.6 Å². The molecule has 114 valence electrons. The van der Waals surface area contributed by atoms with Gasteiger partial charge in [-0.1, -0.05) is 0 Å². The average Bonchev–Trinajstić information content (AvgIpc) is 2.84. The molecule has 2 rings (SSSR count). The molecule has 1 aromatic carbocycles. The summed E-state index contributed by atoms with van der Waals surface area (Å²) in [6.45, 7) is 2.65. The molecule has 6 heteroatoms. The SMILES string of the molecule is CC1N=CSC1CCOc1cc(C(=O)O)cc(N(C)C)c1. The number of nitrogens with zero attached hydrogens (tertiary/aromatic N) is 2. The Labute approximate surface area is 129 Å². The predicted molar refractivity (Wildman–Crippen MR) is 87.2 cm³/mol. The van der Waals surface area contributed by atoms with E-state index in [2.05, 4.69) is 11.9 Å². The van der Waals surface area contributed by atoms with Crippen LogP contribution in [0.4, 0.5) is 5.69 Å². The average molecular weight is 308 g/mol. The number of rotatable bonds is 6. The zero-order chi connectivity index (χ0) is 15.4. The summed E-state index contributed by atoms with van der Waals surface area (Å²) in [7, 11) is 3.75. The minimum atomic E-state index is -0.947. The predicted octanol–water partition coefficient (Wildman–Crippen LogP) is 2.75. The lowest BCUT2D eigenvalue weighted by Gasteiger charge is -2.17. The van der Waals surface area contributed by atoms with E-state index >= 15 is 0 Å². The van der Waals surface area contributed by atoms with Crippen molar-refractivity contribution in [2.24, 2.45) is 4.99 Å². The first kappa shape index (κ1) is 15.7. The van der Waals surface area contributed by atoms with E-state index in [1.165, 1.54) is 0 Å². The minimum Gasteiger partial charge on any atom is -0.493 e. The Balaban J connectivity index is 2.00. The molecule has 0 bridgehead atoms. The maximum atomic E-state index is 11.2. The summed E-state index contributed by atoms with van der Waals surface area (Å²) in [5, 5.41) is 9.60. The number of carboxylic acid groups (broad SMARTS) is 1. The van der Waals surface area contributed by atoms with E-state index in [1.54, 1.807) is 23.9 Å². The molecule has 0 fully saturated rings. The van der Waals surface area contributed by atoms with Crippen molar-refractivity contribution in [1.29, 1.82) is 0 Å². The van der Waals surface area contributed by atoms with E-state index in [4.69, 9.17) is 9.84 Å². The second-order valence-electron chi connectivity index (χ2n) is 5.22. The molecule has 0 saturated carbocycles. The maximum Gasteiger partial charge on any atom is 0.335 e. The third kappa shape index (κ3) is 4.14. The molecule has 0 aromatic heterocycles. The third-order valence-corrected chi connectivity index (χ3v) is 4.62. The topological polar surface area (TPSA) is 62.1 Å². The monoisotopic (exact) mass is 308 g/mol. The Morgan fingerprint density at radius 3 is 2.76 bits per heavy atom. The number of carboxylic acids is 1. The molecule has 0 amide bonds. The van der Waals surface area contributed by atoms with Crippen LogP contribution in [-0.2, 0) is 0 Å². The number of aliphatic imine (C=N–C) groups is 1. The fourth-order valence-electron chi connectivity index (χ4n) is 2.07. The van der Waals surface area contributed by atoms with Gasteiger partial charge >= 0.3 is 5.97 Å². The number of benzene rings is 1. The zero-order valence-corrected chi connectivity index (χ0v) is 13.3. The number of ether oxygens (including phenoxy) is 1. The molecule has 0 saturated heterocycles. The van der Waals surface area contributed by atoms with Crippen molar-refractivity contribution in [3.8, 4) is 5.75 Å². The lowest BCUT2D eigenvalue weighted by molar-refractivity contribution is 0.0696. The molecule has 21 heavy (non-hydrogen) atoms. The van der Waals surface area contributed by atoms with Gasteiger partial charge in [0.1, 0.15) is 5.75 Å². The van der Waals surface area contributed by atoms with Crippen LogP contribution in [0.3, 0.4) is 0 Å². The molecule has 2 unspecified atom stereocenters. The quantitative estimate of drug-likeness (QED) is 0.875. The normalized spacial score (nSPS) is 20.5. The van der Waals surface area contributed by atoms with E-state index in [0.29, 0.717) is 23.6 Å². The van der Waals surface area contributed by atoms with Crippen molar-refractivity contribution < 1.29 is 14.6 Å².